The number of benzene rings is 1. The van der Waals surface area contributed by atoms with Gasteiger partial charge in [-0.05, 0) is 40.3 Å². The Bertz CT molecular complexity index is 359. The molecule has 0 radical (unpaired) electrons. The quantitative estimate of drug-likeness (QED) is 0.606. The summed E-state index contributed by atoms with van der Waals surface area (Å²) in [5.41, 5.74) is 1.68. The molecule has 0 heterocycles. The molecule has 68 valence electrons. The third-order valence-electron chi connectivity index (χ3n) is 1.66. The SMILES string of the molecule is COc1cc(I)c(CBr)c(C#N)c1. The molecule has 4 heteroatoms. The molecule has 0 saturated carbocycles. The molecular weight excluding hydrogens is 345 g/mol. The summed E-state index contributed by atoms with van der Waals surface area (Å²) >= 11 is 5.55. The van der Waals surface area contributed by atoms with Gasteiger partial charge in [0.25, 0.3) is 0 Å². The molecule has 0 fully saturated rings. The molecule has 0 saturated heterocycles. The van der Waals surface area contributed by atoms with Crippen LogP contribution in [0, 0.1) is 14.9 Å². The molecular formula is C9H7BrINO. The summed E-state index contributed by atoms with van der Waals surface area (Å²) in [4.78, 5) is 0. The maximum absolute atomic E-state index is 8.86. The normalized spacial score (nSPS) is 9.38. The molecule has 0 N–H and O–H groups in total. The Morgan fingerprint density at radius 2 is 2.31 bits per heavy atom. The van der Waals surface area contributed by atoms with Gasteiger partial charge >= 0.3 is 0 Å². The number of ether oxygens (including phenoxy) is 1. The van der Waals surface area contributed by atoms with Crippen LogP contribution in [0.2, 0.25) is 0 Å². The maximum atomic E-state index is 8.86. The molecule has 0 aliphatic heterocycles. The summed E-state index contributed by atoms with van der Waals surface area (Å²) in [6, 6.07) is 5.81. The third kappa shape index (κ3) is 2.35. The fraction of sp³-hybridized carbons (Fsp3) is 0.222. The number of hydrogen-bond donors (Lipinski definition) is 0. The largest absolute Gasteiger partial charge is 0.497 e. The lowest BCUT2D eigenvalue weighted by atomic mass is 10.1. The van der Waals surface area contributed by atoms with Crippen molar-refractivity contribution in [2.45, 2.75) is 5.33 Å². The zero-order chi connectivity index (χ0) is 9.84. The molecule has 13 heavy (non-hydrogen) atoms. The first-order valence-corrected chi connectivity index (χ1v) is 5.75. The zero-order valence-electron chi connectivity index (χ0n) is 6.97. The van der Waals surface area contributed by atoms with Gasteiger partial charge in [-0.25, -0.2) is 0 Å². The fourth-order valence-corrected chi connectivity index (χ4v) is 2.88. The lowest BCUT2D eigenvalue weighted by Crippen LogP contribution is -1.93. The molecule has 0 atom stereocenters. The first kappa shape index (κ1) is 10.8. The summed E-state index contributed by atoms with van der Waals surface area (Å²) in [6.07, 6.45) is 0. The van der Waals surface area contributed by atoms with Gasteiger partial charge in [-0.3, -0.25) is 0 Å². The van der Waals surface area contributed by atoms with Crippen LogP contribution in [0.4, 0.5) is 0 Å². The van der Waals surface area contributed by atoms with E-state index in [1.807, 2.05) is 6.07 Å². The average molecular weight is 352 g/mol. The molecule has 0 unspecified atom stereocenters. The van der Waals surface area contributed by atoms with Gasteiger partial charge in [-0.2, -0.15) is 5.26 Å². The van der Waals surface area contributed by atoms with E-state index >= 15 is 0 Å². The number of halogens is 2. The van der Waals surface area contributed by atoms with E-state index in [2.05, 4.69) is 44.6 Å². The number of alkyl halides is 1. The lowest BCUT2D eigenvalue weighted by molar-refractivity contribution is 0.414. The molecule has 2 nitrogen and oxygen atoms in total. The van der Waals surface area contributed by atoms with E-state index in [0.29, 0.717) is 10.9 Å². The van der Waals surface area contributed by atoms with E-state index in [1.165, 1.54) is 0 Å². The summed E-state index contributed by atoms with van der Waals surface area (Å²) in [5, 5.41) is 9.56. The van der Waals surface area contributed by atoms with E-state index in [0.717, 1.165) is 14.9 Å². The van der Waals surface area contributed by atoms with Crippen LogP contribution in [-0.4, -0.2) is 7.11 Å². The second-order valence-corrected chi connectivity index (χ2v) is 4.10. The molecule has 0 aromatic heterocycles. The van der Waals surface area contributed by atoms with Crippen molar-refractivity contribution in [3.05, 3.63) is 26.8 Å². The van der Waals surface area contributed by atoms with Crippen LogP contribution < -0.4 is 4.74 Å². The topological polar surface area (TPSA) is 33.0 Å². The van der Waals surface area contributed by atoms with Crippen molar-refractivity contribution in [3.63, 3.8) is 0 Å². The summed E-state index contributed by atoms with van der Waals surface area (Å²) in [6.45, 7) is 0. The van der Waals surface area contributed by atoms with Crippen LogP contribution in [0.25, 0.3) is 0 Å². The predicted molar refractivity (Wildman–Crippen MR) is 63.1 cm³/mol. The first-order chi connectivity index (χ1) is 6.22. The van der Waals surface area contributed by atoms with Crippen LogP contribution in [0.5, 0.6) is 5.75 Å². The van der Waals surface area contributed by atoms with Gasteiger partial charge in [0.2, 0.25) is 0 Å². The number of methoxy groups -OCH3 is 1. The highest BCUT2D eigenvalue weighted by atomic mass is 127. The minimum absolute atomic E-state index is 0.667. The molecule has 0 amide bonds. The maximum Gasteiger partial charge on any atom is 0.121 e. The van der Waals surface area contributed by atoms with Crippen molar-refractivity contribution in [1.29, 1.82) is 5.26 Å². The van der Waals surface area contributed by atoms with Gasteiger partial charge in [0.15, 0.2) is 0 Å². The molecule has 1 rings (SSSR count). The van der Waals surface area contributed by atoms with Crippen LogP contribution in [0.3, 0.4) is 0 Å². The highest BCUT2D eigenvalue weighted by molar-refractivity contribution is 14.1. The smallest absolute Gasteiger partial charge is 0.121 e. The number of nitrogens with zero attached hydrogens (tertiary/aromatic N) is 1. The summed E-state index contributed by atoms with van der Waals surface area (Å²) in [7, 11) is 1.60. The Morgan fingerprint density at radius 3 is 2.77 bits per heavy atom. The summed E-state index contributed by atoms with van der Waals surface area (Å²) in [5.74, 6) is 0.727. The average Bonchev–Trinajstić information content (AvgIpc) is 2.16. The number of hydrogen-bond acceptors (Lipinski definition) is 2. The van der Waals surface area contributed by atoms with Gasteiger partial charge in [0, 0.05) is 8.90 Å². The minimum atomic E-state index is 0.667. The minimum Gasteiger partial charge on any atom is -0.497 e. The molecule has 1 aromatic rings. The van der Waals surface area contributed by atoms with Crippen molar-refractivity contribution >= 4 is 38.5 Å². The van der Waals surface area contributed by atoms with Gasteiger partial charge in [-0.15, -0.1) is 0 Å². The molecule has 1 aromatic carbocycles. The van der Waals surface area contributed by atoms with Crippen molar-refractivity contribution in [1.82, 2.24) is 0 Å². The third-order valence-corrected chi connectivity index (χ3v) is 3.18. The Hall–Kier alpha value is -0.280. The summed E-state index contributed by atoms with van der Waals surface area (Å²) < 4.78 is 6.11. The van der Waals surface area contributed by atoms with Gasteiger partial charge in [-0.1, -0.05) is 15.9 Å². The fourth-order valence-electron chi connectivity index (χ4n) is 0.965. The Labute approximate surface area is 99.2 Å². The van der Waals surface area contributed by atoms with Crippen molar-refractivity contribution in [3.8, 4) is 11.8 Å². The van der Waals surface area contributed by atoms with Crippen molar-refractivity contribution in [2.75, 3.05) is 7.11 Å². The van der Waals surface area contributed by atoms with Crippen LogP contribution >= 0.6 is 38.5 Å². The van der Waals surface area contributed by atoms with E-state index < -0.39 is 0 Å². The van der Waals surface area contributed by atoms with Crippen LogP contribution in [0.15, 0.2) is 12.1 Å². The van der Waals surface area contributed by atoms with Gasteiger partial charge in [0.1, 0.15) is 5.75 Å². The number of rotatable bonds is 2. The predicted octanol–water partition coefficient (Wildman–Crippen LogP) is 3.07. The molecule has 0 aliphatic rings. The van der Waals surface area contributed by atoms with E-state index in [4.69, 9.17) is 10.00 Å². The lowest BCUT2D eigenvalue weighted by Gasteiger charge is -2.06. The Balaban J connectivity index is 3.31. The zero-order valence-corrected chi connectivity index (χ0v) is 10.7. The molecule has 0 bridgehead atoms. The van der Waals surface area contributed by atoms with Crippen molar-refractivity contribution < 1.29 is 4.74 Å². The van der Waals surface area contributed by atoms with Gasteiger partial charge < -0.3 is 4.74 Å². The monoisotopic (exact) mass is 351 g/mol. The Kier molecular flexibility index (Phi) is 4.00. The van der Waals surface area contributed by atoms with Crippen LogP contribution in [-0.2, 0) is 5.33 Å². The standard InChI is InChI=1S/C9H7BrINO/c1-13-7-2-6(5-12)8(4-10)9(11)3-7/h2-3H,4H2,1H3. The van der Waals surface area contributed by atoms with E-state index in [9.17, 15) is 0 Å². The van der Waals surface area contributed by atoms with E-state index in [-0.39, 0.29) is 0 Å². The van der Waals surface area contributed by atoms with Gasteiger partial charge in [0.05, 0.1) is 18.7 Å². The second-order valence-electron chi connectivity index (χ2n) is 2.38. The highest BCUT2D eigenvalue weighted by Gasteiger charge is 2.07. The molecule has 0 aliphatic carbocycles. The Morgan fingerprint density at radius 1 is 1.62 bits per heavy atom. The number of nitriles is 1. The highest BCUT2D eigenvalue weighted by Crippen LogP contribution is 2.25. The first-order valence-electron chi connectivity index (χ1n) is 3.55. The van der Waals surface area contributed by atoms with Crippen molar-refractivity contribution in [2.24, 2.45) is 0 Å². The second kappa shape index (κ2) is 4.82. The van der Waals surface area contributed by atoms with E-state index in [1.54, 1.807) is 13.2 Å². The van der Waals surface area contributed by atoms with Crippen LogP contribution in [0.1, 0.15) is 11.1 Å². The molecule has 0 spiro atoms.